The average Bonchev–Trinajstić information content (AvgIpc) is 3.27. The molecule has 0 radical (unpaired) electrons. The summed E-state index contributed by atoms with van der Waals surface area (Å²) in [5, 5.41) is 0. The van der Waals surface area contributed by atoms with Crippen LogP contribution in [0.2, 0.25) is 0 Å². The summed E-state index contributed by atoms with van der Waals surface area (Å²) in [4.78, 5) is 24.1. The molecule has 37 heavy (non-hydrogen) atoms. The molecule has 0 unspecified atom stereocenters. The third kappa shape index (κ3) is 3.85. The standard InChI is InChI=1S/C31H48O6/c1-17-9-12-31(34-16-17)18(2)28-26(37-31)14-25-23-8-7-21-13-22(35-19(3)32)10-11-29(21,5)24(23)15-27(30(25,28)6)36-20(4)33/h17-18,21-28H,7-16H2,1-6H3/t17-,18-,21-,22+,23-,24+,25+,26-,27-,28-,29-,30-,31+/m0/s1. The summed E-state index contributed by atoms with van der Waals surface area (Å²) < 4.78 is 25.4. The quantitative estimate of drug-likeness (QED) is 0.425. The molecule has 6 heteroatoms. The minimum atomic E-state index is -0.466. The van der Waals surface area contributed by atoms with Crippen molar-refractivity contribution >= 4 is 11.9 Å². The third-order valence-electron chi connectivity index (χ3n) is 12.6. The Kier molecular flexibility index (Phi) is 6.31. The lowest BCUT2D eigenvalue weighted by atomic mass is 9.43. The van der Waals surface area contributed by atoms with Crippen LogP contribution in [0.3, 0.4) is 0 Å². The van der Waals surface area contributed by atoms with E-state index < -0.39 is 5.79 Å². The molecule has 2 heterocycles. The Morgan fingerprint density at radius 3 is 2.30 bits per heavy atom. The van der Waals surface area contributed by atoms with Crippen LogP contribution in [-0.4, -0.2) is 42.6 Å². The molecule has 6 rings (SSSR count). The minimum absolute atomic E-state index is 0.0553. The first-order valence-electron chi connectivity index (χ1n) is 15.1. The number of ether oxygens (including phenoxy) is 4. The van der Waals surface area contributed by atoms with E-state index >= 15 is 0 Å². The van der Waals surface area contributed by atoms with Crippen LogP contribution in [0.1, 0.15) is 99.3 Å². The van der Waals surface area contributed by atoms with Gasteiger partial charge in [-0.3, -0.25) is 9.59 Å². The number of fused-ring (bicyclic) bond motifs is 7. The van der Waals surface area contributed by atoms with Crippen molar-refractivity contribution in [2.45, 2.75) is 123 Å². The van der Waals surface area contributed by atoms with E-state index in [-0.39, 0.29) is 41.1 Å². The molecule has 6 aliphatic rings. The molecule has 4 aliphatic carbocycles. The van der Waals surface area contributed by atoms with Gasteiger partial charge in [0.25, 0.3) is 0 Å². The number of rotatable bonds is 2. The van der Waals surface area contributed by atoms with Gasteiger partial charge >= 0.3 is 11.9 Å². The Labute approximate surface area is 222 Å². The molecule has 0 N–H and O–H groups in total. The lowest BCUT2D eigenvalue weighted by Crippen LogP contribution is -2.60. The van der Waals surface area contributed by atoms with Crippen molar-refractivity contribution in [2.75, 3.05) is 6.61 Å². The number of carbonyl (C=O) groups is 2. The Balaban J connectivity index is 1.30. The zero-order valence-corrected chi connectivity index (χ0v) is 23.8. The van der Waals surface area contributed by atoms with Crippen LogP contribution in [0.4, 0.5) is 0 Å². The average molecular weight is 517 g/mol. The van der Waals surface area contributed by atoms with Gasteiger partial charge in [0.15, 0.2) is 5.79 Å². The zero-order chi connectivity index (χ0) is 26.3. The van der Waals surface area contributed by atoms with E-state index in [0.717, 1.165) is 51.6 Å². The molecular weight excluding hydrogens is 468 g/mol. The van der Waals surface area contributed by atoms with Crippen molar-refractivity contribution in [1.82, 2.24) is 0 Å². The van der Waals surface area contributed by atoms with E-state index in [1.807, 2.05) is 0 Å². The predicted octanol–water partition coefficient (Wildman–Crippen LogP) is 5.91. The van der Waals surface area contributed by atoms with E-state index in [0.29, 0.717) is 41.4 Å². The lowest BCUT2D eigenvalue weighted by molar-refractivity contribution is -0.274. The van der Waals surface area contributed by atoms with Crippen LogP contribution in [0, 0.1) is 52.3 Å². The molecule has 2 saturated heterocycles. The van der Waals surface area contributed by atoms with Gasteiger partial charge in [0.05, 0.1) is 12.7 Å². The van der Waals surface area contributed by atoms with E-state index in [9.17, 15) is 9.59 Å². The molecule has 1 spiro atoms. The topological polar surface area (TPSA) is 71.1 Å². The number of esters is 2. The molecule has 0 amide bonds. The number of carbonyl (C=O) groups excluding carboxylic acids is 2. The molecule has 0 bridgehead atoms. The van der Waals surface area contributed by atoms with Gasteiger partial charge in [0.2, 0.25) is 0 Å². The first-order chi connectivity index (χ1) is 17.5. The maximum atomic E-state index is 12.5. The zero-order valence-electron chi connectivity index (χ0n) is 23.8. The molecule has 13 atom stereocenters. The minimum Gasteiger partial charge on any atom is -0.463 e. The van der Waals surface area contributed by atoms with E-state index in [2.05, 4.69) is 27.7 Å². The molecule has 0 aromatic rings. The summed E-state index contributed by atoms with van der Waals surface area (Å²) in [5.41, 5.74) is 0.109. The van der Waals surface area contributed by atoms with Crippen LogP contribution < -0.4 is 0 Å². The van der Waals surface area contributed by atoms with Gasteiger partial charge in [-0.1, -0.05) is 27.7 Å². The summed E-state index contributed by atoms with van der Waals surface area (Å²) in [6, 6.07) is 0. The van der Waals surface area contributed by atoms with Crippen molar-refractivity contribution in [3.63, 3.8) is 0 Å². The van der Waals surface area contributed by atoms with Gasteiger partial charge < -0.3 is 18.9 Å². The second-order valence-electron chi connectivity index (χ2n) is 14.3. The lowest BCUT2D eigenvalue weighted by Gasteiger charge is -2.62. The van der Waals surface area contributed by atoms with Crippen LogP contribution in [0.15, 0.2) is 0 Å². The maximum Gasteiger partial charge on any atom is 0.302 e. The molecule has 4 saturated carbocycles. The molecule has 0 aromatic carbocycles. The fourth-order valence-electron chi connectivity index (χ4n) is 10.9. The van der Waals surface area contributed by atoms with Gasteiger partial charge in [-0.25, -0.2) is 0 Å². The summed E-state index contributed by atoms with van der Waals surface area (Å²) in [6.45, 7) is 13.4. The summed E-state index contributed by atoms with van der Waals surface area (Å²) >= 11 is 0. The fraction of sp³-hybridized carbons (Fsp3) is 0.935. The monoisotopic (exact) mass is 516 g/mol. The highest BCUT2D eigenvalue weighted by Gasteiger charge is 2.72. The highest BCUT2D eigenvalue weighted by molar-refractivity contribution is 5.66. The van der Waals surface area contributed by atoms with Crippen LogP contribution in [0.5, 0.6) is 0 Å². The van der Waals surface area contributed by atoms with Crippen LogP contribution >= 0.6 is 0 Å². The summed E-state index contributed by atoms with van der Waals surface area (Å²) in [6.07, 6.45) is 9.70. The van der Waals surface area contributed by atoms with Gasteiger partial charge in [0.1, 0.15) is 12.2 Å². The smallest absolute Gasteiger partial charge is 0.302 e. The largest absolute Gasteiger partial charge is 0.463 e. The highest BCUT2D eigenvalue weighted by atomic mass is 16.7. The third-order valence-corrected chi connectivity index (χ3v) is 12.6. The molecule has 6 nitrogen and oxygen atoms in total. The highest BCUT2D eigenvalue weighted by Crippen LogP contribution is 2.71. The Morgan fingerprint density at radius 2 is 1.62 bits per heavy atom. The van der Waals surface area contributed by atoms with Gasteiger partial charge in [-0.2, -0.15) is 0 Å². The van der Waals surface area contributed by atoms with E-state index in [1.165, 1.54) is 19.8 Å². The Bertz CT molecular complexity index is 925. The molecule has 208 valence electrons. The second-order valence-corrected chi connectivity index (χ2v) is 14.3. The first kappa shape index (κ1) is 26.1. The van der Waals surface area contributed by atoms with Crippen molar-refractivity contribution in [3.05, 3.63) is 0 Å². The van der Waals surface area contributed by atoms with Gasteiger partial charge in [-0.05, 0) is 86.4 Å². The number of hydrogen-bond donors (Lipinski definition) is 0. The SMILES string of the molecule is CC(=O)O[C@@H]1CC[C@@]2(C)[C@@H](CC[C@H]3[C@H]2C[C@H](OC(C)=O)[C@@]2(C)[C@@H]4[C@H](C[C@H]32)O[C@]2(CC[C@H](C)CO2)[C@H]4C)C1. The van der Waals surface area contributed by atoms with Crippen LogP contribution in [0.25, 0.3) is 0 Å². The van der Waals surface area contributed by atoms with Gasteiger partial charge in [0, 0.05) is 37.5 Å². The van der Waals surface area contributed by atoms with Crippen LogP contribution in [-0.2, 0) is 28.5 Å². The van der Waals surface area contributed by atoms with Crippen molar-refractivity contribution in [2.24, 2.45) is 52.3 Å². The first-order valence-corrected chi connectivity index (χ1v) is 15.1. The fourth-order valence-corrected chi connectivity index (χ4v) is 10.9. The maximum absolute atomic E-state index is 12.5. The Hall–Kier alpha value is -1.14. The molecule has 0 aromatic heterocycles. The normalized spacial score (nSPS) is 54.5. The van der Waals surface area contributed by atoms with Crippen molar-refractivity contribution in [3.8, 4) is 0 Å². The van der Waals surface area contributed by atoms with Crippen molar-refractivity contribution in [1.29, 1.82) is 0 Å². The molecule has 6 fully saturated rings. The molecule has 2 aliphatic heterocycles. The summed E-state index contributed by atoms with van der Waals surface area (Å²) in [7, 11) is 0. The van der Waals surface area contributed by atoms with E-state index in [1.54, 1.807) is 6.92 Å². The Morgan fingerprint density at radius 1 is 0.865 bits per heavy atom. The van der Waals surface area contributed by atoms with Gasteiger partial charge in [-0.15, -0.1) is 0 Å². The molecular formula is C31H48O6. The van der Waals surface area contributed by atoms with E-state index in [4.69, 9.17) is 18.9 Å². The second kappa shape index (κ2) is 8.94. The predicted molar refractivity (Wildman–Crippen MR) is 138 cm³/mol. The number of hydrogen-bond acceptors (Lipinski definition) is 6. The van der Waals surface area contributed by atoms with Crippen molar-refractivity contribution < 1.29 is 28.5 Å². The summed E-state index contributed by atoms with van der Waals surface area (Å²) in [5.74, 6) is 2.66.